The van der Waals surface area contributed by atoms with Crippen LogP contribution in [0, 0.1) is 0 Å². The molecule has 182 valence electrons. The van der Waals surface area contributed by atoms with Gasteiger partial charge in [0.2, 0.25) is 11.8 Å². The van der Waals surface area contributed by atoms with Crippen LogP contribution in [0.4, 0.5) is 0 Å². The molecule has 0 spiro atoms. The molecule has 8 heteroatoms. The Morgan fingerprint density at radius 2 is 1.94 bits per heavy atom. The monoisotopic (exact) mass is 475 g/mol. The topological polar surface area (TPSA) is 92.1 Å². The van der Waals surface area contributed by atoms with Crippen molar-refractivity contribution in [3.8, 4) is 5.75 Å². The van der Waals surface area contributed by atoms with Crippen LogP contribution in [0.25, 0.3) is 11.0 Å². The molecule has 2 aliphatic rings. The second kappa shape index (κ2) is 9.54. The Labute approximate surface area is 203 Å². The summed E-state index contributed by atoms with van der Waals surface area (Å²) in [5, 5.41) is 3.35. The van der Waals surface area contributed by atoms with Crippen LogP contribution in [0.15, 0.2) is 46.9 Å². The lowest BCUT2D eigenvalue weighted by atomic mass is 10.0. The number of ether oxygens (including phenoxy) is 1. The van der Waals surface area contributed by atoms with Crippen LogP contribution in [-0.4, -0.2) is 46.7 Å². The van der Waals surface area contributed by atoms with E-state index in [-0.39, 0.29) is 31.4 Å². The molecule has 8 nitrogen and oxygen atoms in total. The second-order valence-electron chi connectivity index (χ2n) is 9.02. The number of imide groups is 1. The fraction of sp³-hybridized carbons (Fsp3) is 0.370. The van der Waals surface area contributed by atoms with Crippen molar-refractivity contribution in [1.82, 2.24) is 15.1 Å². The summed E-state index contributed by atoms with van der Waals surface area (Å²) in [6, 6.07) is 12.9. The number of amides is 3. The number of furan rings is 1. The molecule has 3 aromatic rings. The summed E-state index contributed by atoms with van der Waals surface area (Å²) in [5.41, 5.74) is 3.30. The Morgan fingerprint density at radius 3 is 2.71 bits per heavy atom. The lowest BCUT2D eigenvalue weighted by molar-refractivity contribution is -0.136. The molecule has 0 radical (unpaired) electrons. The van der Waals surface area contributed by atoms with E-state index >= 15 is 0 Å². The summed E-state index contributed by atoms with van der Waals surface area (Å²) in [6.45, 7) is 7.68. The molecule has 35 heavy (non-hydrogen) atoms. The minimum Gasteiger partial charge on any atom is -0.485 e. The van der Waals surface area contributed by atoms with Crippen LogP contribution >= 0.6 is 0 Å². The number of hydrogen-bond acceptors (Lipinski definition) is 6. The van der Waals surface area contributed by atoms with Gasteiger partial charge in [0.25, 0.3) is 5.91 Å². The van der Waals surface area contributed by atoms with Crippen molar-refractivity contribution < 1.29 is 23.5 Å². The summed E-state index contributed by atoms with van der Waals surface area (Å²) in [5.74, 6) is 0.347. The third-order valence-electron chi connectivity index (χ3n) is 6.85. The SMILES string of the molecule is CCN(CC)Cc1ccc2cc(COc3cccc4c3CN(C3CCC(=O)NC3=O)C4=O)oc2c1. The van der Waals surface area contributed by atoms with Gasteiger partial charge >= 0.3 is 0 Å². The van der Waals surface area contributed by atoms with Gasteiger partial charge in [-0.05, 0) is 49.3 Å². The van der Waals surface area contributed by atoms with E-state index in [4.69, 9.17) is 9.15 Å². The Bertz CT molecular complexity index is 1290. The number of fused-ring (bicyclic) bond motifs is 2. The smallest absolute Gasteiger partial charge is 0.255 e. The Morgan fingerprint density at radius 1 is 1.11 bits per heavy atom. The number of carbonyl (C=O) groups excluding carboxylic acids is 3. The third-order valence-corrected chi connectivity index (χ3v) is 6.85. The summed E-state index contributed by atoms with van der Waals surface area (Å²) in [6.07, 6.45) is 0.554. The molecule has 1 unspecified atom stereocenters. The summed E-state index contributed by atoms with van der Waals surface area (Å²) in [7, 11) is 0. The van der Waals surface area contributed by atoms with Gasteiger partial charge in [-0.15, -0.1) is 0 Å². The molecule has 1 saturated heterocycles. The standard InChI is InChI=1S/C27H29N3O5/c1-3-29(4-2)14-17-8-9-18-13-19(35-24(18)12-17)16-34-23-7-5-6-20-21(23)15-30(27(20)33)22-10-11-25(31)28-26(22)32/h5-9,12-13,22H,3-4,10-11,14-16H2,1-2H3,(H,28,31,32). The van der Waals surface area contributed by atoms with Crippen molar-refractivity contribution in [2.75, 3.05) is 13.1 Å². The predicted octanol–water partition coefficient (Wildman–Crippen LogP) is 3.61. The highest BCUT2D eigenvalue weighted by Gasteiger charge is 2.40. The van der Waals surface area contributed by atoms with Gasteiger partial charge in [-0.25, -0.2) is 0 Å². The average molecular weight is 476 g/mol. The number of nitrogens with zero attached hydrogens (tertiary/aromatic N) is 2. The van der Waals surface area contributed by atoms with Crippen LogP contribution in [-0.2, 0) is 29.3 Å². The normalized spacial score (nSPS) is 17.9. The minimum atomic E-state index is -0.652. The van der Waals surface area contributed by atoms with E-state index in [0.717, 1.165) is 36.2 Å². The molecule has 1 N–H and O–H groups in total. The van der Waals surface area contributed by atoms with E-state index < -0.39 is 11.9 Å². The van der Waals surface area contributed by atoms with Crippen LogP contribution in [0.5, 0.6) is 5.75 Å². The number of hydrogen-bond donors (Lipinski definition) is 1. The van der Waals surface area contributed by atoms with Gasteiger partial charge in [0.05, 0.1) is 6.54 Å². The Hall–Kier alpha value is -3.65. The number of piperidine rings is 1. The van der Waals surface area contributed by atoms with E-state index in [9.17, 15) is 14.4 Å². The summed E-state index contributed by atoms with van der Waals surface area (Å²) < 4.78 is 12.1. The molecule has 3 amide bonds. The van der Waals surface area contributed by atoms with Crippen LogP contribution in [0.1, 0.15) is 53.9 Å². The molecular weight excluding hydrogens is 446 g/mol. The lowest BCUT2D eigenvalue weighted by Gasteiger charge is -2.29. The van der Waals surface area contributed by atoms with Gasteiger partial charge in [0.1, 0.15) is 29.7 Å². The number of rotatable bonds is 8. The highest BCUT2D eigenvalue weighted by atomic mass is 16.5. The zero-order valence-corrected chi connectivity index (χ0v) is 20.0. The molecule has 1 atom stereocenters. The Kier molecular flexibility index (Phi) is 6.30. The van der Waals surface area contributed by atoms with E-state index in [1.54, 1.807) is 12.1 Å². The van der Waals surface area contributed by atoms with Crippen molar-refractivity contribution in [2.45, 2.75) is 52.4 Å². The van der Waals surface area contributed by atoms with Crippen molar-refractivity contribution in [3.05, 3.63) is 64.9 Å². The molecule has 0 aliphatic carbocycles. The molecule has 2 aliphatic heterocycles. The maximum atomic E-state index is 13.0. The molecule has 3 heterocycles. The predicted molar refractivity (Wildman–Crippen MR) is 130 cm³/mol. The molecule has 2 aromatic carbocycles. The second-order valence-corrected chi connectivity index (χ2v) is 9.02. The maximum absolute atomic E-state index is 13.0. The molecular formula is C27H29N3O5. The first kappa shape index (κ1) is 23.1. The summed E-state index contributed by atoms with van der Waals surface area (Å²) in [4.78, 5) is 40.7. The van der Waals surface area contributed by atoms with E-state index in [0.29, 0.717) is 23.5 Å². The van der Waals surface area contributed by atoms with Crippen molar-refractivity contribution >= 4 is 28.7 Å². The van der Waals surface area contributed by atoms with Crippen LogP contribution in [0.3, 0.4) is 0 Å². The Balaban J connectivity index is 1.30. The third kappa shape index (κ3) is 4.53. The highest BCUT2D eigenvalue weighted by molar-refractivity contribution is 6.05. The number of nitrogens with one attached hydrogen (secondary N) is 1. The minimum absolute atomic E-state index is 0.218. The number of carbonyl (C=O) groups is 3. The molecule has 0 saturated carbocycles. The van der Waals surface area contributed by atoms with Crippen LogP contribution in [0.2, 0.25) is 0 Å². The van der Waals surface area contributed by atoms with Gasteiger partial charge < -0.3 is 14.1 Å². The number of benzene rings is 2. The first-order valence-corrected chi connectivity index (χ1v) is 12.1. The average Bonchev–Trinajstić information content (AvgIpc) is 3.42. The van der Waals surface area contributed by atoms with E-state index in [2.05, 4.69) is 42.3 Å². The van der Waals surface area contributed by atoms with Gasteiger partial charge in [-0.1, -0.05) is 32.0 Å². The zero-order valence-electron chi connectivity index (χ0n) is 20.0. The quantitative estimate of drug-likeness (QED) is 0.501. The van der Waals surface area contributed by atoms with Gasteiger partial charge in [0.15, 0.2) is 0 Å². The van der Waals surface area contributed by atoms with Crippen molar-refractivity contribution in [3.63, 3.8) is 0 Å². The maximum Gasteiger partial charge on any atom is 0.255 e. The fourth-order valence-corrected chi connectivity index (χ4v) is 4.85. The molecule has 5 rings (SSSR count). The zero-order chi connectivity index (χ0) is 24.5. The molecule has 1 aromatic heterocycles. The first-order chi connectivity index (χ1) is 17.0. The fourth-order valence-electron chi connectivity index (χ4n) is 4.85. The van der Waals surface area contributed by atoms with E-state index in [1.165, 1.54) is 10.5 Å². The van der Waals surface area contributed by atoms with Crippen LogP contribution < -0.4 is 10.1 Å². The van der Waals surface area contributed by atoms with Gasteiger partial charge in [-0.2, -0.15) is 0 Å². The molecule has 1 fully saturated rings. The van der Waals surface area contributed by atoms with Gasteiger partial charge in [-0.3, -0.25) is 24.6 Å². The first-order valence-electron chi connectivity index (χ1n) is 12.1. The largest absolute Gasteiger partial charge is 0.485 e. The molecule has 0 bridgehead atoms. The van der Waals surface area contributed by atoms with Crippen molar-refractivity contribution in [2.24, 2.45) is 0 Å². The lowest BCUT2D eigenvalue weighted by Crippen LogP contribution is -2.52. The van der Waals surface area contributed by atoms with E-state index in [1.807, 2.05) is 12.1 Å². The van der Waals surface area contributed by atoms with Gasteiger partial charge in [0, 0.05) is 29.5 Å². The highest BCUT2D eigenvalue weighted by Crippen LogP contribution is 2.34. The summed E-state index contributed by atoms with van der Waals surface area (Å²) >= 11 is 0. The van der Waals surface area contributed by atoms with Crippen molar-refractivity contribution in [1.29, 1.82) is 0 Å².